The van der Waals surface area contributed by atoms with Gasteiger partial charge < -0.3 is 20.4 Å². The molecule has 1 amide bonds. The van der Waals surface area contributed by atoms with Gasteiger partial charge in [-0.15, -0.1) is 11.3 Å². The van der Waals surface area contributed by atoms with Crippen LogP contribution in [0.25, 0.3) is 0 Å². The maximum Gasteiger partial charge on any atom is 0.234 e. The molecule has 1 aromatic heterocycles. The van der Waals surface area contributed by atoms with Crippen molar-refractivity contribution in [3.8, 4) is 0 Å². The Hall–Kier alpha value is -1.87. The average Bonchev–Trinajstić information content (AvgIpc) is 3.19. The number of thiazole rings is 1. The Morgan fingerprint density at radius 1 is 1.21 bits per heavy atom. The van der Waals surface area contributed by atoms with Crippen molar-refractivity contribution in [1.82, 2.24) is 25.4 Å². The lowest BCUT2D eigenvalue weighted by Gasteiger charge is -2.36. The van der Waals surface area contributed by atoms with Gasteiger partial charge in [-0.1, -0.05) is 0 Å². The lowest BCUT2D eigenvalue weighted by molar-refractivity contribution is -0.122. The fourth-order valence-corrected chi connectivity index (χ4v) is 4.83. The van der Waals surface area contributed by atoms with Crippen LogP contribution >= 0.6 is 11.3 Å². The van der Waals surface area contributed by atoms with Gasteiger partial charge in [0.15, 0.2) is 11.1 Å². The first-order valence-corrected chi connectivity index (χ1v) is 11.8. The average molecular weight is 420 g/mol. The van der Waals surface area contributed by atoms with Gasteiger partial charge in [0.05, 0.1) is 12.2 Å². The highest BCUT2D eigenvalue weighted by Gasteiger charge is 2.26. The first kappa shape index (κ1) is 20.4. The minimum absolute atomic E-state index is 0.167. The molecule has 160 valence electrons. The molecule has 0 spiro atoms. The molecule has 2 saturated heterocycles. The Labute approximate surface area is 177 Å². The molecule has 0 radical (unpaired) electrons. The fraction of sp³-hybridized carbons (Fsp3) is 0.750. The van der Waals surface area contributed by atoms with Crippen molar-refractivity contribution in [2.24, 2.45) is 4.99 Å². The van der Waals surface area contributed by atoms with Gasteiger partial charge in [-0.05, 0) is 25.7 Å². The summed E-state index contributed by atoms with van der Waals surface area (Å²) >= 11 is 1.76. The Bertz CT molecular complexity index is 703. The van der Waals surface area contributed by atoms with Gasteiger partial charge in [0.25, 0.3) is 0 Å². The molecule has 9 heteroatoms. The number of nitrogens with zero attached hydrogens (tertiary/aromatic N) is 5. The molecule has 0 unspecified atom stereocenters. The summed E-state index contributed by atoms with van der Waals surface area (Å²) in [6.07, 6.45) is 5.76. The second-order valence-electron chi connectivity index (χ2n) is 8.14. The summed E-state index contributed by atoms with van der Waals surface area (Å²) in [4.78, 5) is 28.1. The third-order valence-corrected chi connectivity index (χ3v) is 6.72. The number of guanidine groups is 1. The zero-order chi connectivity index (χ0) is 20.1. The van der Waals surface area contributed by atoms with E-state index in [1.807, 2.05) is 7.05 Å². The lowest BCUT2D eigenvalue weighted by Crippen LogP contribution is -2.54. The maximum atomic E-state index is 12.0. The molecule has 1 aliphatic carbocycles. The number of aromatic nitrogens is 1. The number of amides is 1. The highest BCUT2D eigenvalue weighted by Crippen LogP contribution is 2.24. The van der Waals surface area contributed by atoms with E-state index in [0.29, 0.717) is 12.6 Å². The third-order valence-electron chi connectivity index (χ3n) is 5.77. The van der Waals surface area contributed by atoms with Crippen LogP contribution in [0.1, 0.15) is 31.4 Å². The second-order valence-corrected chi connectivity index (χ2v) is 8.98. The molecule has 3 heterocycles. The number of carbonyl (C=O) groups is 1. The number of hydrogen-bond donors (Lipinski definition) is 2. The van der Waals surface area contributed by atoms with Gasteiger partial charge in [0.2, 0.25) is 5.91 Å². The van der Waals surface area contributed by atoms with Crippen LogP contribution in [0.3, 0.4) is 0 Å². The van der Waals surface area contributed by atoms with Crippen LogP contribution in [-0.4, -0.2) is 92.1 Å². The molecular formula is C20H33N7OS. The molecule has 3 aliphatic rings. The quantitative estimate of drug-likeness (QED) is 0.502. The van der Waals surface area contributed by atoms with E-state index in [9.17, 15) is 4.79 Å². The zero-order valence-corrected chi connectivity index (χ0v) is 18.2. The summed E-state index contributed by atoms with van der Waals surface area (Å²) in [5.74, 6) is 1.11. The van der Waals surface area contributed by atoms with Crippen molar-refractivity contribution >= 4 is 28.3 Å². The van der Waals surface area contributed by atoms with Crippen LogP contribution in [0.15, 0.2) is 10.4 Å². The second kappa shape index (κ2) is 9.75. The molecular weight excluding hydrogens is 386 g/mol. The Morgan fingerprint density at radius 3 is 2.66 bits per heavy atom. The van der Waals surface area contributed by atoms with Crippen LogP contribution < -0.4 is 15.5 Å². The summed E-state index contributed by atoms with van der Waals surface area (Å²) in [7, 11) is 1.84. The minimum atomic E-state index is 0.167. The Morgan fingerprint density at radius 2 is 1.97 bits per heavy atom. The molecule has 0 aromatic carbocycles. The first-order valence-electron chi connectivity index (χ1n) is 10.9. The van der Waals surface area contributed by atoms with Crippen LogP contribution in [0.5, 0.6) is 0 Å². The molecule has 8 nitrogen and oxygen atoms in total. The van der Waals surface area contributed by atoms with Crippen molar-refractivity contribution in [1.29, 1.82) is 0 Å². The molecule has 29 heavy (non-hydrogen) atoms. The predicted molar refractivity (Wildman–Crippen MR) is 118 cm³/mol. The molecule has 4 rings (SSSR count). The highest BCUT2D eigenvalue weighted by molar-refractivity contribution is 7.13. The first-order chi connectivity index (χ1) is 14.2. The number of carbonyl (C=O) groups excluding carboxylic acids is 1. The van der Waals surface area contributed by atoms with Gasteiger partial charge in [-0.25, -0.2) is 4.98 Å². The monoisotopic (exact) mass is 419 g/mol. The number of anilines is 1. The summed E-state index contributed by atoms with van der Waals surface area (Å²) < 4.78 is 0. The van der Waals surface area contributed by atoms with E-state index in [1.54, 1.807) is 11.3 Å². The van der Waals surface area contributed by atoms with Gasteiger partial charge in [-0.2, -0.15) is 0 Å². The number of rotatable bonds is 7. The van der Waals surface area contributed by atoms with Gasteiger partial charge in [0.1, 0.15) is 0 Å². The van der Waals surface area contributed by atoms with E-state index in [4.69, 9.17) is 4.98 Å². The van der Waals surface area contributed by atoms with Crippen molar-refractivity contribution in [3.05, 3.63) is 11.1 Å². The molecule has 2 N–H and O–H groups in total. The zero-order valence-electron chi connectivity index (χ0n) is 17.4. The van der Waals surface area contributed by atoms with E-state index in [1.165, 1.54) is 18.0 Å². The van der Waals surface area contributed by atoms with Gasteiger partial charge >= 0.3 is 0 Å². The van der Waals surface area contributed by atoms with E-state index in [0.717, 1.165) is 76.7 Å². The summed E-state index contributed by atoms with van der Waals surface area (Å²) in [5, 5.41) is 9.91. The van der Waals surface area contributed by atoms with E-state index in [-0.39, 0.29) is 5.91 Å². The fourth-order valence-electron chi connectivity index (χ4n) is 3.92. The minimum Gasteiger partial charge on any atom is -0.356 e. The third kappa shape index (κ3) is 5.82. The van der Waals surface area contributed by atoms with Crippen LogP contribution in [0, 0.1) is 0 Å². The van der Waals surface area contributed by atoms with Crippen molar-refractivity contribution < 1.29 is 4.79 Å². The topological polar surface area (TPSA) is 76.1 Å². The van der Waals surface area contributed by atoms with E-state index in [2.05, 4.69) is 35.7 Å². The van der Waals surface area contributed by atoms with Crippen molar-refractivity contribution in [2.75, 3.05) is 64.3 Å². The molecule has 1 aromatic rings. The van der Waals surface area contributed by atoms with Crippen LogP contribution in [-0.2, 0) is 11.2 Å². The number of piperazine rings is 1. The predicted octanol–water partition coefficient (Wildman–Crippen LogP) is 0.757. The molecule has 0 atom stereocenters. The molecule has 0 bridgehead atoms. The number of hydrogen-bond acceptors (Lipinski definition) is 6. The SMILES string of the molecule is CN=C(NCCc1csc(N2CCCC2)n1)N1CCN(CC(=O)NC2CC2)CC1. The van der Waals surface area contributed by atoms with E-state index >= 15 is 0 Å². The standard InChI is InChI=1S/C20H33N7OS/c1-21-19(22-7-6-17-15-29-20(24-17)27-8-2-3-9-27)26-12-10-25(11-13-26)14-18(28)23-16-4-5-16/h15-16H,2-14H2,1H3,(H,21,22)(H,23,28). The van der Waals surface area contributed by atoms with Crippen molar-refractivity contribution in [2.45, 2.75) is 38.1 Å². The van der Waals surface area contributed by atoms with Crippen molar-refractivity contribution in [3.63, 3.8) is 0 Å². The van der Waals surface area contributed by atoms with Crippen LogP contribution in [0.2, 0.25) is 0 Å². The smallest absolute Gasteiger partial charge is 0.234 e. The van der Waals surface area contributed by atoms with Gasteiger partial charge in [0, 0.05) is 70.7 Å². The number of aliphatic imine (C=N–C) groups is 1. The largest absolute Gasteiger partial charge is 0.356 e. The lowest BCUT2D eigenvalue weighted by atomic mass is 10.3. The molecule has 3 fully saturated rings. The normalized spacial score (nSPS) is 20.9. The molecule has 1 saturated carbocycles. The van der Waals surface area contributed by atoms with Crippen LogP contribution in [0.4, 0.5) is 5.13 Å². The highest BCUT2D eigenvalue weighted by atomic mass is 32.1. The summed E-state index contributed by atoms with van der Waals surface area (Å²) in [6.45, 7) is 7.21. The summed E-state index contributed by atoms with van der Waals surface area (Å²) in [6, 6.07) is 0.441. The van der Waals surface area contributed by atoms with Gasteiger partial charge in [-0.3, -0.25) is 14.7 Å². The maximum absolute atomic E-state index is 12.0. The Balaban J connectivity index is 1.16. The number of nitrogens with one attached hydrogen (secondary N) is 2. The summed E-state index contributed by atoms with van der Waals surface area (Å²) in [5.41, 5.74) is 1.16. The molecule has 2 aliphatic heterocycles. The van der Waals surface area contributed by atoms with E-state index < -0.39 is 0 Å². The Kier molecular flexibility index (Phi) is 6.86.